The van der Waals surface area contributed by atoms with Crippen molar-refractivity contribution in [1.82, 2.24) is 4.98 Å². The number of carbonyl (C=O) groups excluding carboxylic acids is 1. The summed E-state index contributed by atoms with van der Waals surface area (Å²) in [5.74, 6) is 1.16. The fraction of sp³-hybridized carbons (Fsp3) is 0.176. The van der Waals surface area contributed by atoms with E-state index in [1.807, 2.05) is 55.5 Å². The molecule has 0 saturated heterocycles. The van der Waals surface area contributed by atoms with Crippen molar-refractivity contribution in [2.24, 2.45) is 0 Å². The molecule has 1 unspecified atom stereocenters. The minimum Gasteiger partial charge on any atom is -0.470 e. The smallest absolute Gasteiger partial charge is 0.261 e. The number of allylic oxidation sites excluding steroid dienone is 1. The van der Waals surface area contributed by atoms with E-state index in [-0.39, 0.29) is 5.91 Å². The number of anilines is 1. The predicted octanol–water partition coefficient (Wildman–Crippen LogP) is 3.44. The molecule has 1 aliphatic heterocycles. The lowest BCUT2D eigenvalue weighted by molar-refractivity contribution is -0.119. The highest BCUT2D eigenvalue weighted by atomic mass is 16.5. The van der Waals surface area contributed by atoms with Crippen LogP contribution >= 0.6 is 0 Å². The van der Waals surface area contributed by atoms with E-state index in [0.717, 1.165) is 5.56 Å². The van der Waals surface area contributed by atoms with Crippen molar-refractivity contribution in [3.8, 4) is 0 Å². The molecule has 0 fully saturated rings. The highest BCUT2D eigenvalue weighted by molar-refractivity contribution is 6.06. The molecule has 2 aromatic rings. The Bertz CT molecular complexity index is 680. The van der Waals surface area contributed by atoms with E-state index in [0.29, 0.717) is 17.2 Å². The summed E-state index contributed by atoms with van der Waals surface area (Å²) in [6.07, 6.45) is 1.18. The molecule has 4 heteroatoms. The number of amides is 1. The summed E-state index contributed by atoms with van der Waals surface area (Å²) in [4.78, 5) is 18.6. The molecule has 1 aromatic heterocycles. The van der Waals surface area contributed by atoms with Gasteiger partial charge in [-0.05, 0) is 26.0 Å². The molecule has 0 aliphatic carbocycles. The molecule has 1 atom stereocenters. The van der Waals surface area contributed by atoms with E-state index < -0.39 is 6.23 Å². The zero-order chi connectivity index (χ0) is 14.8. The van der Waals surface area contributed by atoms with Crippen molar-refractivity contribution >= 4 is 11.7 Å². The number of ether oxygens (including phenoxy) is 1. The van der Waals surface area contributed by atoms with E-state index in [1.54, 1.807) is 18.0 Å². The van der Waals surface area contributed by atoms with Crippen LogP contribution in [0.3, 0.4) is 0 Å². The van der Waals surface area contributed by atoms with Gasteiger partial charge in [0.1, 0.15) is 11.6 Å². The normalized spacial score (nSPS) is 18.7. The number of rotatable bonds is 2. The lowest BCUT2D eigenvalue weighted by Crippen LogP contribution is -2.41. The van der Waals surface area contributed by atoms with E-state index >= 15 is 0 Å². The summed E-state index contributed by atoms with van der Waals surface area (Å²) >= 11 is 0. The zero-order valence-corrected chi connectivity index (χ0v) is 12.0. The average Bonchev–Trinajstić information content (AvgIpc) is 2.54. The van der Waals surface area contributed by atoms with Gasteiger partial charge in [0.25, 0.3) is 5.91 Å². The lowest BCUT2D eigenvalue weighted by atomic mass is 10.1. The molecular weight excluding hydrogens is 264 g/mol. The standard InChI is InChI=1S/C17H16N2O2/c1-12-13(2)21-17(14-8-4-3-5-9-14)19(16(12)20)15-10-6-7-11-18-15/h3-11,17H,1-2H3. The van der Waals surface area contributed by atoms with E-state index in [4.69, 9.17) is 4.74 Å². The van der Waals surface area contributed by atoms with Crippen molar-refractivity contribution in [1.29, 1.82) is 0 Å². The Hall–Kier alpha value is -2.62. The summed E-state index contributed by atoms with van der Waals surface area (Å²) in [6, 6.07) is 15.2. The highest BCUT2D eigenvalue weighted by Crippen LogP contribution is 2.34. The first-order chi connectivity index (χ1) is 10.2. The molecule has 1 aliphatic rings. The van der Waals surface area contributed by atoms with Crippen molar-refractivity contribution in [2.45, 2.75) is 20.1 Å². The topological polar surface area (TPSA) is 42.4 Å². The number of pyridine rings is 1. The maximum Gasteiger partial charge on any atom is 0.261 e. The van der Waals surface area contributed by atoms with Gasteiger partial charge in [0.15, 0.2) is 0 Å². The number of benzene rings is 1. The van der Waals surface area contributed by atoms with Crippen LogP contribution in [0, 0.1) is 0 Å². The summed E-state index contributed by atoms with van der Waals surface area (Å²) < 4.78 is 5.97. The number of hydrogen-bond donors (Lipinski definition) is 0. The van der Waals surface area contributed by atoms with Crippen LogP contribution in [-0.2, 0) is 9.53 Å². The SMILES string of the molecule is CC1=C(C)C(=O)N(c2ccccn2)C(c2ccccc2)O1. The first-order valence-corrected chi connectivity index (χ1v) is 6.82. The number of hydrogen-bond acceptors (Lipinski definition) is 3. The van der Waals surface area contributed by atoms with Crippen LogP contribution in [-0.4, -0.2) is 10.9 Å². The van der Waals surface area contributed by atoms with Gasteiger partial charge in [0, 0.05) is 11.8 Å². The maximum atomic E-state index is 12.7. The van der Waals surface area contributed by atoms with Crippen LogP contribution in [0.4, 0.5) is 5.82 Å². The molecule has 1 aromatic carbocycles. The number of carbonyl (C=O) groups is 1. The first kappa shape index (κ1) is 13.4. The van der Waals surface area contributed by atoms with Crippen LogP contribution in [0.25, 0.3) is 0 Å². The second kappa shape index (κ2) is 5.40. The Balaban J connectivity index is 2.10. The van der Waals surface area contributed by atoms with Crippen LogP contribution in [0.2, 0.25) is 0 Å². The van der Waals surface area contributed by atoms with Gasteiger partial charge in [-0.15, -0.1) is 0 Å². The van der Waals surface area contributed by atoms with Crippen LogP contribution in [0.1, 0.15) is 25.6 Å². The molecule has 0 spiro atoms. The van der Waals surface area contributed by atoms with Crippen LogP contribution in [0.5, 0.6) is 0 Å². The molecule has 0 radical (unpaired) electrons. The van der Waals surface area contributed by atoms with Gasteiger partial charge >= 0.3 is 0 Å². The Kier molecular flexibility index (Phi) is 3.44. The van der Waals surface area contributed by atoms with Crippen molar-refractivity contribution < 1.29 is 9.53 Å². The van der Waals surface area contributed by atoms with Crippen LogP contribution < -0.4 is 4.90 Å². The van der Waals surface area contributed by atoms with Gasteiger partial charge in [-0.1, -0.05) is 36.4 Å². The zero-order valence-electron chi connectivity index (χ0n) is 12.0. The molecule has 0 saturated carbocycles. The molecule has 21 heavy (non-hydrogen) atoms. The largest absolute Gasteiger partial charge is 0.470 e. The summed E-state index contributed by atoms with van der Waals surface area (Å²) in [5.41, 5.74) is 1.52. The summed E-state index contributed by atoms with van der Waals surface area (Å²) in [6.45, 7) is 3.59. The Morgan fingerprint density at radius 3 is 2.43 bits per heavy atom. The van der Waals surface area contributed by atoms with Gasteiger partial charge in [-0.3, -0.25) is 9.69 Å². The highest BCUT2D eigenvalue weighted by Gasteiger charge is 2.35. The van der Waals surface area contributed by atoms with Gasteiger partial charge in [-0.2, -0.15) is 0 Å². The average molecular weight is 280 g/mol. The second-order valence-corrected chi connectivity index (χ2v) is 4.93. The first-order valence-electron chi connectivity index (χ1n) is 6.82. The monoisotopic (exact) mass is 280 g/mol. The molecule has 0 bridgehead atoms. The van der Waals surface area contributed by atoms with Crippen molar-refractivity contribution in [3.05, 3.63) is 71.6 Å². The number of aromatic nitrogens is 1. The van der Waals surface area contributed by atoms with Gasteiger partial charge < -0.3 is 4.74 Å². The molecule has 1 amide bonds. The molecular formula is C17H16N2O2. The third-order valence-electron chi connectivity index (χ3n) is 3.57. The second-order valence-electron chi connectivity index (χ2n) is 4.93. The summed E-state index contributed by atoms with van der Waals surface area (Å²) in [7, 11) is 0. The molecule has 106 valence electrons. The van der Waals surface area contributed by atoms with Gasteiger partial charge in [0.2, 0.25) is 6.23 Å². The van der Waals surface area contributed by atoms with Gasteiger partial charge in [-0.25, -0.2) is 4.98 Å². The van der Waals surface area contributed by atoms with E-state index in [9.17, 15) is 4.79 Å². The molecule has 3 rings (SSSR count). The fourth-order valence-corrected chi connectivity index (χ4v) is 2.30. The molecule has 0 N–H and O–H groups in total. The van der Waals surface area contributed by atoms with Crippen LogP contribution in [0.15, 0.2) is 66.1 Å². The summed E-state index contributed by atoms with van der Waals surface area (Å²) in [5, 5.41) is 0. The Morgan fingerprint density at radius 2 is 1.76 bits per heavy atom. The van der Waals surface area contributed by atoms with Crippen molar-refractivity contribution in [3.63, 3.8) is 0 Å². The Labute approximate surface area is 123 Å². The maximum absolute atomic E-state index is 12.7. The number of nitrogens with zero attached hydrogens (tertiary/aromatic N) is 2. The van der Waals surface area contributed by atoms with E-state index in [2.05, 4.69) is 4.98 Å². The minimum absolute atomic E-state index is 0.0775. The van der Waals surface area contributed by atoms with Gasteiger partial charge in [0.05, 0.1) is 5.57 Å². The molecule has 4 nitrogen and oxygen atoms in total. The quantitative estimate of drug-likeness (QED) is 0.846. The van der Waals surface area contributed by atoms with E-state index in [1.165, 1.54) is 0 Å². The lowest BCUT2D eigenvalue weighted by Gasteiger charge is -2.36. The fourth-order valence-electron chi connectivity index (χ4n) is 2.30. The minimum atomic E-state index is -0.489. The predicted molar refractivity (Wildman–Crippen MR) is 80.4 cm³/mol. The third-order valence-corrected chi connectivity index (χ3v) is 3.57. The van der Waals surface area contributed by atoms with Crippen molar-refractivity contribution in [2.75, 3.05) is 4.90 Å². The Morgan fingerprint density at radius 1 is 1.05 bits per heavy atom. The third kappa shape index (κ3) is 2.40. The molecule has 2 heterocycles.